The van der Waals surface area contributed by atoms with Crippen molar-refractivity contribution < 1.29 is 19.8 Å². The van der Waals surface area contributed by atoms with Crippen LogP contribution in [0.2, 0.25) is 8.26 Å². The first-order valence-corrected chi connectivity index (χ1v) is 18.8. The molecule has 0 amide bonds. The average molecular weight is 566 g/mol. The maximum atomic E-state index is 2.78. The van der Waals surface area contributed by atoms with E-state index in [-0.39, 0.29) is 35.6 Å². The Morgan fingerprint density at radius 3 is 2.09 bits per heavy atom. The zero-order valence-electron chi connectivity index (χ0n) is 21.6. The summed E-state index contributed by atoms with van der Waals surface area (Å²) in [6.07, 6.45) is 14.4. The van der Waals surface area contributed by atoms with Gasteiger partial charge in [0, 0.05) is 0 Å². The monoisotopic (exact) mass is 563 g/mol. The smallest absolute Gasteiger partial charge is 0.147 e. The summed E-state index contributed by atoms with van der Waals surface area (Å²) >= 11 is -2.91. The van der Waals surface area contributed by atoms with E-state index in [4.69, 9.17) is 0 Å². The Morgan fingerprint density at radius 2 is 1.52 bits per heavy atom. The van der Waals surface area contributed by atoms with Gasteiger partial charge in [-0.2, -0.15) is 0 Å². The van der Waals surface area contributed by atoms with Crippen molar-refractivity contribution in [2.24, 2.45) is 10.8 Å². The molecule has 0 saturated carbocycles. The second-order valence-electron chi connectivity index (χ2n) is 12.2. The third-order valence-electron chi connectivity index (χ3n) is 7.75. The molecular weight excluding hydrogens is 522 g/mol. The van der Waals surface area contributed by atoms with Gasteiger partial charge in [-0.1, -0.05) is 0 Å². The Bertz CT molecular complexity index is 1040. The first-order chi connectivity index (χ1) is 14.5. The number of hydrogen-bond donors (Lipinski definition) is 0. The number of rotatable bonds is 3. The van der Waals surface area contributed by atoms with E-state index < -0.39 is 19.8 Å². The molecule has 0 radical (unpaired) electrons. The van der Waals surface area contributed by atoms with E-state index in [1.165, 1.54) is 37.7 Å². The molecule has 0 spiro atoms. The van der Waals surface area contributed by atoms with Crippen LogP contribution in [-0.2, 0) is 19.8 Å². The van der Waals surface area contributed by atoms with E-state index in [1.54, 1.807) is 22.3 Å². The molecule has 3 heteroatoms. The molecule has 0 heterocycles. The van der Waals surface area contributed by atoms with Crippen LogP contribution in [0.25, 0.3) is 0 Å². The fourth-order valence-electron chi connectivity index (χ4n) is 5.95. The summed E-state index contributed by atoms with van der Waals surface area (Å²) < 4.78 is 8.00. The fraction of sp³-hybridized carbons (Fsp3) is 0.500. The van der Waals surface area contributed by atoms with Gasteiger partial charge < -0.3 is 0 Å². The van der Waals surface area contributed by atoms with Gasteiger partial charge in [-0.25, -0.2) is 0 Å². The van der Waals surface area contributed by atoms with Gasteiger partial charge in [0.05, 0.1) is 0 Å². The van der Waals surface area contributed by atoms with Crippen molar-refractivity contribution in [3.63, 3.8) is 0 Å². The summed E-state index contributed by atoms with van der Waals surface area (Å²) in [4.78, 5) is 0. The maximum absolute atomic E-state index is 2.91. The third-order valence-corrected chi connectivity index (χ3v) is 18.7. The Kier molecular flexibility index (Phi) is 9.27. The Hall–Kier alpha value is -0.487. The van der Waals surface area contributed by atoms with Crippen LogP contribution in [0, 0.1) is 10.8 Å². The first-order valence-electron chi connectivity index (χ1n) is 12.3. The van der Waals surface area contributed by atoms with Gasteiger partial charge in [0.1, 0.15) is 0 Å². The molecule has 1 aromatic carbocycles. The van der Waals surface area contributed by atoms with E-state index in [2.05, 4.69) is 98.4 Å². The number of allylic oxidation sites excluding steroid dienone is 8. The van der Waals surface area contributed by atoms with Crippen molar-refractivity contribution in [3.8, 4) is 0 Å². The molecule has 3 aliphatic rings. The quantitative estimate of drug-likeness (QED) is 0.342. The minimum Gasteiger partial charge on any atom is -0.147 e. The molecule has 2 atom stereocenters. The summed E-state index contributed by atoms with van der Waals surface area (Å²) in [6, 6.07) is 11.2. The van der Waals surface area contributed by atoms with Gasteiger partial charge in [-0.15, -0.1) is 24.8 Å². The molecule has 0 fully saturated rings. The average Bonchev–Trinajstić information content (AvgIpc) is 3.34. The Morgan fingerprint density at radius 1 is 0.879 bits per heavy atom. The predicted octanol–water partition coefficient (Wildman–Crippen LogP) is 9.79. The van der Waals surface area contributed by atoms with E-state index in [0.717, 1.165) is 0 Å². The molecule has 2 unspecified atom stereocenters. The minimum absolute atomic E-state index is 0. The van der Waals surface area contributed by atoms with E-state index in [1.807, 2.05) is 3.28 Å². The summed E-state index contributed by atoms with van der Waals surface area (Å²) in [5.41, 5.74) is 8.63. The molecule has 0 bridgehead atoms. The van der Waals surface area contributed by atoms with Crippen LogP contribution in [0.15, 0.2) is 74.1 Å². The molecule has 33 heavy (non-hydrogen) atoms. The normalized spacial score (nSPS) is 22.3. The van der Waals surface area contributed by atoms with Crippen LogP contribution < -0.4 is 0 Å². The molecule has 0 nitrogen and oxygen atoms in total. The summed E-state index contributed by atoms with van der Waals surface area (Å²) in [6.45, 7) is 14.4. The van der Waals surface area contributed by atoms with Gasteiger partial charge in [0.2, 0.25) is 0 Å². The van der Waals surface area contributed by atoms with E-state index in [0.29, 0.717) is 3.63 Å². The molecular formula is C30H43Cl2Zr. The van der Waals surface area contributed by atoms with Crippen LogP contribution in [0.1, 0.15) is 79.2 Å². The van der Waals surface area contributed by atoms with Crippen molar-refractivity contribution in [2.45, 2.75) is 81.9 Å². The van der Waals surface area contributed by atoms with Gasteiger partial charge in [0.25, 0.3) is 0 Å². The van der Waals surface area contributed by atoms with Crippen LogP contribution >= 0.6 is 24.8 Å². The van der Waals surface area contributed by atoms with Crippen molar-refractivity contribution in [1.29, 1.82) is 0 Å². The number of halogens is 2. The van der Waals surface area contributed by atoms with Gasteiger partial charge >= 0.3 is 196 Å². The van der Waals surface area contributed by atoms with Crippen LogP contribution in [0.4, 0.5) is 0 Å². The third kappa shape index (κ3) is 5.85. The van der Waals surface area contributed by atoms with E-state index in [9.17, 15) is 0 Å². The standard InChI is InChI=1S/C13H21.C9H11.C7H6.CH3.2ClH.Zr/c1-12(2,3)10-8-7-9-11(10)13(4,5)6;1-2-5-9-7-3-6-8(9)4-1;1-7-5-3-2-4-6-7;;;;/h8H,9H2,1-6H3;3,6-7H,1-2,4-5H2;1-6H;1H3;2*1H;. The molecule has 181 valence electrons. The summed E-state index contributed by atoms with van der Waals surface area (Å²) in [5, 5.41) is 0. The Labute approximate surface area is 219 Å². The second-order valence-corrected chi connectivity index (χ2v) is 22.3. The Balaban J connectivity index is 0.00000193. The maximum Gasteiger partial charge on any atom is -0.147 e. The van der Waals surface area contributed by atoms with Crippen molar-refractivity contribution in [1.82, 2.24) is 0 Å². The number of hydrogen-bond acceptors (Lipinski definition) is 0. The molecule has 0 aliphatic heterocycles. The largest absolute Gasteiger partial charge is 0.147 e. The van der Waals surface area contributed by atoms with Crippen LogP contribution in [0.3, 0.4) is 0 Å². The fourth-order valence-corrected chi connectivity index (χ4v) is 16.3. The topological polar surface area (TPSA) is 0 Å². The molecule has 4 rings (SSSR count). The van der Waals surface area contributed by atoms with Crippen molar-refractivity contribution >= 4 is 28.5 Å². The number of benzene rings is 1. The minimum atomic E-state index is -2.91. The van der Waals surface area contributed by atoms with Gasteiger partial charge in [-0.05, 0) is 0 Å². The first kappa shape index (κ1) is 28.7. The van der Waals surface area contributed by atoms with Crippen molar-refractivity contribution in [3.05, 3.63) is 79.7 Å². The van der Waals surface area contributed by atoms with Gasteiger partial charge in [0.15, 0.2) is 0 Å². The molecule has 0 N–H and O–H groups in total. The second kappa shape index (κ2) is 10.6. The molecule has 3 aliphatic carbocycles. The van der Waals surface area contributed by atoms with E-state index >= 15 is 0 Å². The zero-order valence-corrected chi connectivity index (χ0v) is 25.7. The zero-order chi connectivity index (χ0) is 22.4. The summed E-state index contributed by atoms with van der Waals surface area (Å²) in [5.74, 6) is 0. The van der Waals surface area contributed by atoms with Crippen LogP contribution in [0.5, 0.6) is 0 Å². The van der Waals surface area contributed by atoms with Crippen molar-refractivity contribution in [2.75, 3.05) is 0 Å². The predicted molar refractivity (Wildman–Crippen MR) is 149 cm³/mol. The summed E-state index contributed by atoms with van der Waals surface area (Å²) in [7, 11) is 0. The molecule has 0 aromatic heterocycles. The SMILES string of the molecule is CC(C)(C)C1=C(C(C)(C)C)C[C]([Zr]([CH3])(=[CH]c2ccccc2)[CH]2C=CC3=C2CCCC3)=C1.Cl.Cl. The molecule has 0 saturated heterocycles. The van der Waals surface area contributed by atoms with Crippen LogP contribution in [-0.4, -0.2) is 3.71 Å². The van der Waals surface area contributed by atoms with Gasteiger partial charge in [-0.3, -0.25) is 0 Å². The molecule has 1 aromatic rings.